The Morgan fingerprint density at radius 1 is 1.41 bits per heavy atom. The monoisotopic (exact) mass is 249 g/mol. The lowest BCUT2D eigenvalue weighted by Gasteiger charge is -2.13. The molecule has 17 heavy (non-hydrogen) atoms. The first-order valence-electron chi connectivity index (χ1n) is 6.69. The second-order valence-electron chi connectivity index (χ2n) is 4.96. The molecule has 1 N–H and O–H groups in total. The molecule has 1 atom stereocenters. The van der Waals surface area contributed by atoms with Crippen LogP contribution in [0.1, 0.15) is 43.7 Å². The molecule has 0 heterocycles. The Hall–Kier alpha value is -0.470. The Labute approximate surface area is 109 Å². The third-order valence-corrected chi connectivity index (χ3v) is 4.37. The van der Waals surface area contributed by atoms with Crippen molar-refractivity contribution in [1.29, 1.82) is 0 Å². The van der Waals surface area contributed by atoms with Gasteiger partial charge in [0.15, 0.2) is 0 Å². The van der Waals surface area contributed by atoms with Gasteiger partial charge in [-0.05, 0) is 42.6 Å². The van der Waals surface area contributed by atoms with Crippen molar-refractivity contribution in [3.05, 3.63) is 35.4 Å². The predicted octanol–water partition coefficient (Wildman–Crippen LogP) is 3.80. The molecule has 0 radical (unpaired) electrons. The molecule has 1 aromatic carbocycles. The Kier molecular flexibility index (Phi) is 4.93. The van der Waals surface area contributed by atoms with E-state index in [4.69, 9.17) is 0 Å². The van der Waals surface area contributed by atoms with Crippen LogP contribution in [0, 0.1) is 0 Å². The molecule has 0 saturated heterocycles. The van der Waals surface area contributed by atoms with Gasteiger partial charge < -0.3 is 5.32 Å². The molecule has 1 fully saturated rings. The topological polar surface area (TPSA) is 12.0 Å². The van der Waals surface area contributed by atoms with Gasteiger partial charge in [0, 0.05) is 18.3 Å². The maximum atomic E-state index is 3.60. The van der Waals surface area contributed by atoms with Crippen LogP contribution in [0.15, 0.2) is 24.3 Å². The first-order chi connectivity index (χ1) is 8.29. The maximum Gasteiger partial charge on any atom is 0.0208 e. The molecule has 94 valence electrons. The van der Waals surface area contributed by atoms with Crippen molar-refractivity contribution in [2.75, 3.05) is 11.5 Å². The van der Waals surface area contributed by atoms with Crippen LogP contribution < -0.4 is 5.32 Å². The van der Waals surface area contributed by atoms with Gasteiger partial charge in [0.1, 0.15) is 0 Å². The summed E-state index contributed by atoms with van der Waals surface area (Å²) in [5.74, 6) is 3.28. The molecule has 1 aliphatic rings. The van der Waals surface area contributed by atoms with Crippen molar-refractivity contribution >= 4 is 11.8 Å². The highest BCUT2D eigenvalue weighted by atomic mass is 32.2. The Bertz CT molecular complexity index is 347. The summed E-state index contributed by atoms with van der Waals surface area (Å²) in [6.45, 7) is 5.50. The Balaban J connectivity index is 1.79. The van der Waals surface area contributed by atoms with E-state index in [1.807, 2.05) is 11.8 Å². The molecule has 2 rings (SSSR count). The Morgan fingerprint density at radius 2 is 2.24 bits per heavy atom. The zero-order valence-electron chi connectivity index (χ0n) is 10.9. The van der Waals surface area contributed by atoms with Crippen LogP contribution in [0.4, 0.5) is 0 Å². The van der Waals surface area contributed by atoms with Gasteiger partial charge in [-0.3, -0.25) is 0 Å². The van der Waals surface area contributed by atoms with Gasteiger partial charge in [-0.2, -0.15) is 11.8 Å². The molecule has 1 unspecified atom stereocenters. The van der Waals surface area contributed by atoms with Crippen LogP contribution in [0.5, 0.6) is 0 Å². The summed E-state index contributed by atoms with van der Waals surface area (Å²) in [5.41, 5.74) is 2.97. The van der Waals surface area contributed by atoms with Crippen molar-refractivity contribution < 1.29 is 0 Å². The van der Waals surface area contributed by atoms with Crippen LogP contribution in [0.2, 0.25) is 0 Å². The molecule has 1 aliphatic carbocycles. The van der Waals surface area contributed by atoms with E-state index in [2.05, 4.69) is 43.4 Å². The third kappa shape index (κ3) is 4.36. The van der Waals surface area contributed by atoms with Crippen LogP contribution in [0.3, 0.4) is 0 Å². The largest absolute Gasteiger partial charge is 0.309 e. The lowest BCUT2D eigenvalue weighted by Crippen LogP contribution is -2.27. The highest BCUT2D eigenvalue weighted by Crippen LogP contribution is 2.40. The van der Waals surface area contributed by atoms with Gasteiger partial charge in [0.2, 0.25) is 0 Å². The minimum Gasteiger partial charge on any atom is -0.309 e. The maximum absolute atomic E-state index is 3.60. The SMILES string of the molecule is CCSCC(C)NCc1cccc(C2CC2)c1. The number of hydrogen-bond acceptors (Lipinski definition) is 2. The van der Waals surface area contributed by atoms with Crippen LogP contribution >= 0.6 is 11.8 Å². The molecule has 1 aromatic rings. The molecular weight excluding hydrogens is 226 g/mol. The van der Waals surface area contributed by atoms with E-state index in [1.165, 1.54) is 29.9 Å². The summed E-state index contributed by atoms with van der Waals surface area (Å²) in [6, 6.07) is 9.70. The summed E-state index contributed by atoms with van der Waals surface area (Å²) in [6.07, 6.45) is 2.78. The van der Waals surface area contributed by atoms with Crippen LogP contribution in [0.25, 0.3) is 0 Å². The van der Waals surface area contributed by atoms with E-state index in [0.717, 1.165) is 12.5 Å². The molecule has 0 aromatic heterocycles. The van der Waals surface area contributed by atoms with Crippen LogP contribution in [-0.2, 0) is 6.54 Å². The minimum atomic E-state index is 0.601. The summed E-state index contributed by atoms with van der Waals surface area (Å²) < 4.78 is 0. The molecular formula is C15H23NS. The fourth-order valence-corrected chi connectivity index (χ4v) is 2.73. The van der Waals surface area contributed by atoms with E-state index in [0.29, 0.717) is 6.04 Å². The van der Waals surface area contributed by atoms with Gasteiger partial charge in [0.25, 0.3) is 0 Å². The van der Waals surface area contributed by atoms with Crippen LogP contribution in [-0.4, -0.2) is 17.5 Å². The average Bonchev–Trinajstić information content (AvgIpc) is 3.18. The number of nitrogens with one attached hydrogen (secondary N) is 1. The molecule has 0 aliphatic heterocycles. The number of benzene rings is 1. The first kappa shape index (κ1) is 13.0. The quantitative estimate of drug-likeness (QED) is 0.789. The van der Waals surface area contributed by atoms with E-state index < -0.39 is 0 Å². The molecule has 0 spiro atoms. The Morgan fingerprint density at radius 3 is 2.94 bits per heavy atom. The van der Waals surface area contributed by atoms with Gasteiger partial charge >= 0.3 is 0 Å². The third-order valence-electron chi connectivity index (χ3n) is 3.23. The fraction of sp³-hybridized carbons (Fsp3) is 0.600. The van der Waals surface area contributed by atoms with Gasteiger partial charge in [0.05, 0.1) is 0 Å². The summed E-state index contributed by atoms with van der Waals surface area (Å²) in [7, 11) is 0. The number of hydrogen-bond donors (Lipinski definition) is 1. The zero-order valence-corrected chi connectivity index (χ0v) is 11.7. The second-order valence-corrected chi connectivity index (χ2v) is 6.28. The van der Waals surface area contributed by atoms with Gasteiger partial charge in [-0.1, -0.05) is 31.2 Å². The normalized spacial score (nSPS) is 17.1. The van der Waals surface area contributed by atoms with E-state index >= 15 is 0 Å². The lowest BCUT2D eigenvalue weighted by atomic mass is 10.1. The summed E-state index contributed by atoms with van der Waals surface area (Å²) in [5, 5.41) is 3.60. The molecule has 0 amide bonds. The van der Waals surface area contributed by atoms with Crippen molar-refractivity contribution in [3.63, 3.8) is 0 Å². The zero-order chi connectivity index (χ0) is 12.1. The summed E-state index contributed by atoms with van der Waals surface area (Å²) >= 11 is 2.01. The van der Waals surface area contributed by atoms with Gasteiger partial charge in [-0.15, -0.1) is 0 Å². The predicted molar refractivity (Wildman–Crippen MR) is 77.7 cm³/mol. The lowest BCUT2D eigenvalue weighted by molar-refractivity contribution is 0.595. The molecule has 2 heteroatoms. The van der Waals surface area contributed by atoms with Crippen molar-refractivity contribution in [1.82, 2.24) is 5.32 Å². The molecule has 1 nitrogen and oxygen atoms in total. The first-order valence-corrected chi connectivity index (χ1v) is 7.85. The van der Waals surface area contributed by atoms with Crippen molar-refractivity contribution in [3.8, 4) is 0 Å². The summed E-state index contributed by atoms with van der Waals surface area (Å²) in [4.78, 5) is 0. The van der Waals surface area contributed by atoms with Gasteiger partial charge in [-0.25, -0.2) is 0 Å². The molecule has 1 saturated carbocycles. The molecule has 0 bridgehead atoms. The number of rotatable bonds is 7. The average molecular weight is 249 g/mol. The number of thioether (sulfide) groups is 1. The standard InChI is InChI=1S/C15H23NS/c1-3-17-11-12(2)16-10-13-5-4-6-15(9-13)14-7-8-14/h4-6,9,12,14,16H,3,7-8,10-11H2,1-2H3. The minimum absolute atomic E-state index is 0.601. The fourth-order valence-electron chi connectivity index (χ4n) is 2.02. The highest BCUT2D eigenvalue weighted by Gasteiger charge is 2.23. The highest BCUT2D eigenvalue weighted by molar-refractivity contribution is 7.99. The van der Waals surface area contributed by atoms with E-state index in [1.54, 1.807) is 5.56 Å². The van der Waals surface area contributed by atoms with Crippen molar-refractivity contribution in [2.24, 2.45) is 0 Å². The van der Waals surface area contributed by atoms with E-state index in [9.17, 15) is 0 Å². The van der Waals surface area contributed by atoms with E-state index in [-0.39, 0.29) is 0 Å². The second kappa shape index (κ2) is 6.46. The van der Waals surface area contributed by atoms with Crippen molar-refractivity contribution in [2.45, 2.75) is 45.2 Å². The smallest absolute Gasteiger partial charge is 0.0208 e.